The van der Waals surface area contributed by atoms with Crippen molar-refractivity contribution in [2.75, 3.05) is 13.1 Å². The van der Waals surface area contributed by atoms with E-state index in [1.54, 1.807) is 0 Å². The lowest BCUT2D eigenvalue weighted by Gasteiger charge is -2.34. The summed E-state index contributed by atoms with van der Waals surface area (Å²) in [6.07, 6.45) is 8.71. The van der Waals surface area contributed by atoms with Crippen LogP contribution in [0.15, 0.2) is 24.4 Å². The van der Waals surface area contributed by atoms with E-state index in [2.05, 4.69) is 27.0 Å². The van der Waals surface area contributed by atoms with Crippen LogP contribution in [-0.2, 0) is 4.79 Å². The predicted molar refractivity (Wildman–Crippen MR) is 86.6 cm³/mol. The Morgan fingerprint density at radius 2 is 2.09 bits per heavy atom. The van der Waals surface area contributed by atoms with Gasteiger partial charge in [0.15, 0.2) is 0 Å². The molecule has 22 heavy (non-hydrogen) atoms. The van der Waals surface area contributed by atoms with Crippen LogP contribution in [0.25, 0.3) is 11.0 Å². The molecule has 0 bridgehead atoms. The molecule has 1 atom stereocenters. The summed E-state index contributed by atoms with van der Waals surface area (Å²) in [5.41, 5.74) is 2.19. The van der Waals surface area contributed by atoms with Gasteiger partial charge in [0.05, 0.1) is 0 Å². The minimum Gasteiger partial charge on any atom is -0.343 e. The zero-order chi connectivity index (χ0) is 14.9. The molecule has 4 rings (SSSR count). The first kappa shape index (κ1) is 13.8. The molecule has 2 aliphatic rings. The molecule has 2 fully saturated rings. The van der Waals surface area contributed by atoms with Crippen LogP contribution in [0.1, 0.15) is 50.1 Å². The van der Waals surface area contributed by atoms with Gasteiger partial charge in [0, 0.05) is 42.2 Å². The zero-order valence-corrected chi connectivity index (χ0v) is 12.9. The molecule has 1 aliphatic heterocycles. The molecule has 1 amide bonds. The predicted octanol–water partition coefficient (Wildman–Crippen LogP) is 3.46. The monoisotopic (exact) mass is 297 g/mol. The van der Waals surface area contributed by atoms with Crippen molar-refractivity contribution in [2.45, 2.75) is 44.4 Å². The number of H-pyrrole nitrogens is 1. The molecule has 2 aromatic rings. The number of aromatic amines is 1. The lowest BCUT2D eigenvalue weighted by atomic mass is 9.93. The Bertz CT molecular complexity index is 639. The molecule has 3 heterocycles. The van der Waals surface area contributed by atoms with Crippen LogP contribution in [-0.4, -0.2) is 33.9 Å². The molecule has 4 nitrogen and oxygen atoms in total. The van der Waals surface area contributed by atoms with Crippen LogP contribution in [0.3, 0.4) is 0 Å². The topological polar surface area (TPSA) is 49.0 Å². The lowest BCUT2D eigenvalue weighted by molar-refractivity contribution is -0.136. The van der Waals surface area contributed by atoms with E-state index in [0.29, 0.717) is 17.7 Å². The highest BCUT2D eigenvalue weighted by Crippen LogP contribution is 2.32. The average molecular weight is 297 g/mol. The van der Waals surface area contributed by atoms with E-state index in [-0.39, 0.29) is 0 Å². The van der Waals surface area contributed by atoms with Crippen LogP contribution in [0, 0.1) is 5.92 Å². The fourth-order valence-corrected chi connectivity index (χ4v) is 4.06. The van der Waals surface area contributed by atoms with Crippen LogP contribution < -0.4 is 0 Å². The number of pyridine rings is 1. The van der Waals surface area contributed by atoms with E-state index in [9.17, 15) is 4.79 Å². The number of nitrogens with one attached hydrogen (secondary N) is 1. The molecule has 0 radical (unpaired) electrons. The van der Waals surface area contributed by atoms with Crippen molar-refractivity contribution >= 4 is 16.9 Å². The molecule has 1 saturated heterocycles. The van der Waals surface area contributed by atoms with E-state index < -0.39 is 0 Å². The highest BCUT2D eigenvalue weighted by atomic mass is 16.2. The molecule has 1 aliphatic carbocycles. The van der Waals surface area contributed by atoms with Gasteiger partial charge in [0.2, 0.25) is 5.91 Å². The van der Waals surface area contributed by atoms with Gasteiger partial charge in [0.1, 0.15) is 5.65 Å². The van der Waals surface area contributed by atoms with Crippen molar-refractivity contribution in [2.24, 2.45) is 5.92 Å². The van der Waals surface area contributed by atoms with Crippen molar-refractivity contribution < 1.29 is 4.79 Å². The Balaban J connectivity index is 1.51. The van der Waals surface area contributed by atoms with Crippen LogP contribution in [0.2, 0.25) is 0 Å². The molecule has 4 heteroatoms. The number of carbonyl (C=O) groups is 1. The number of aromatic nitrogens is 2. The molecular formula is C18H23N3O. The van der Waals surface area contributed by atoms with E-state index in [0.717, 1.165) is 49.8 Å². The first-order valence-corrected chi connectivity index (χ1v) is 8.54. The third-order valence-corrected chi connectivity index (χ3v) is 5.29. The Kier molecular flexibility index (Phi) is 3.60. The fraction of sp³-hybridized carbons (Fsp3) is 0.556. The number of amides is 1. The summed E-state index contributed by atoms with van der Waals surface area (Å²) in [6.45, 7) is 1.80. The summed E-state index contributed by atoms with van der Waals surface area (Å²) < 4.78 is 0. The maximum absolute atomic E-state index is 12.7. The average Bonchev–Trinajstić information content (AvgIpc) is 3.23. The van der Waals surface area contributed by atoms with E-state index in [1.165, 1.54) is 18.5 Å². The van der Waals surface area contributed by atoms with Crippen molar-refractivity contribution in [3.05, 3.63) is 30.1 Å². The van der Waals surface area contributed by atoms with Crippen molar-refractivity contribution in [3.8, 4) is 0 Å². The first-order chi connectivity index (χ1) is 10.8. The third kappa shape index (κ3) is 2.51. The number of hydrogen-bond donors (Lipinski definition) is 1. The Morgan fingerprint density at radius 3 is 2.91 bits per heavy atom. The van der Waals surface area contributed by atoms with E-state index >= 15 is 0 Å². The van der Waals surface area contributed by atoms with E-state index in [4.69, 9.17) is 0 Å². The van der Waals surface area contributed by atoms with E-state index in [1.807, 2.05) is 12.3 Å². The number of hydrogen-bond acceptors (Lipinski definition) is 2. The standard InChI is InChI=1S/C18H23N3O/c22-18(13-5-1-2-6-13)21-10-4-8-15(12-21)16-11-14-7-3-9-19-17(14)20-16/h3,7,9,11,13,15H,1-2,4-6,8,10,12H2,(H,19,20)/t15-/m1/s1. The smallest absolute Gasteiger partial charge is 0.225 e. The fourth-order valence-electron chi connectivity index (χ4n) is 4.06. The Morgan fingerprint density at radius 1 is 1.23 bits per heavy atom. The van der Waals surface area contributed by atoms with Gasteiger partial charge in [-0.1, -0.05) is 12.8 Å². The number of piperidine rings is 1. The maximum atomic E-state index is 12.7. The number of carbonyl (C=O) groups excluding carboxylic acids is 1. The second-order valence-electron chi connectivity index (χ2n) is 6.77. The van der Waals surface area contributed by atoms with Gasteiger partial charge in [-0.05, 0) is 43.9 Å². The molecule has 0 aromatic carbocycles. The van der Waals surface area contributed by atoms with Crippen LogP contribution in [0.4, 0.5) is 0 Å². The summed E-state index contributed by atoms with van der Waals surface area (Å²) in [5.74, 6) is 1.12. The molecule has 0 spiro atoms. The highest BCUT2D eigenvalue weighted by Gasteiger charge is 2.31. The van der Waals surface area contributed by atoms with Gasteiger partial charge in [0.25, 0.3) is 0 Å². The number of nitrogens with zero attached hydrogens (tertiary/aromatic N) is 2. The maximum Gasteiger partial charge on any atom is 0.225 e. The third-order valence-electron chi connectivity index (χ3n) is 5.29. The van der Waals surface area contributed by atoms with Gasteiger partial charge >= 0.3 is 0 Å². The molecule has 116 valence electrons. The van der Waals surface area contributed by atoms with Crippen molar-refractivity contribution in [3.63, 3.8) is 0 Å². The Labute approximate surface area is 130 Å². The first-order valence-electron chi connectivity index (χ1n) is 8.54. The quantitative estimate of drug-likeness (QED) is 0.923. The minimum atomic E-state index is 0.295. The summed E-state index contributed by atoms with van der Waals surface area (Å²) in [7, 11) is 0. The van der Waals surface area contributed by atoms with Gasteiger partial charge in [-0.15, -0.1) is 0 Å². The number of rotatable bonds is 2. The summed E-state index contributed by atoms with van der Waals surface area (Å²) >= 11 is 0. The van der Waals surface area contributed by atoms with Gasteiger partial charge < -0.3 is 9.88 Å². The zero-order valence-electron chi connectivity index (χ0n) is 12.9. The molecule has 1 N–H and O–H groups in total. The summed E-state index contributed by atoms with van der Waals surface area (Å²) in [5, 5.41) is 1.16. The van der Waals surface area contributed by atoms with Crippen molar-refractivity contribution in [1.82, 2.24) is 14.9 Å². The molecular weight excluding hydrogens is 274 g/mol. The molecule has 0 unspecified atom stereocenters. The van der Waals surface area contributed by atoms with Gasteiger partial charge in [-0.3, -0.25) is 4.79 Å². The van der Waals surface area contributed by atoms with Crippen molar-refractivity contribution in [1.29, 1.82) is 0 Å². The Hall–Kier alpha value is -1.84. The summed E-state index contributed by atoms with van der Waals surface area (Å²) in [6, 6.07) is 6.26. The molecule has 1 saturated carbocycles. The number of likely N-dealkylation sites (tertiary alicyclic amines) is 1. The second-order valence-corrected chi connectivity index (χ2v) is 6.77. The molecule has 2 aromatic heterocycles. The van der Waals surface area contributed by atoms with Crippen LogP contribution >= 0.6 is 0 Å². The van der Waals surface area contributed by atoms with Gasteiger partial charge in [-0.25, -0.2) is 4.98 Å². The van der Waals surface area contributed by atoms with Crippen LogP contribution in [0.5, 0.6) is 0 Å². The largest absolute Gasteiger partial charge is 0.343 e. The normalized spacial score (nSPS) is 23.3. The van der Waals surface area contributed by atoms with Gasteiger partial charge in [-0.2, -0.15) is 0 Å². The summed E-state index contributed by atoms with van der Waals surface area (Å²) in [4.78, 5) is 22.6. The highest BCUT2D eigenvalue weighted by molar-refractivity contribution is 5.79. The lowest BCUT2D eigenvalue weighted by Crippen LogP contribution is -2.41. The number of fused-ring (bicyclic) bond motifs is 1. The SMILES string of the molecule is O=C(C1CCCC1)N1CCC[C@@H](c2cc3cccnc3[nH]2)C1. The second kappa shape index (κ2) is 5.75. The minimum absolute atomic E-state index is 0.295.